The van der Waals surface area contributed by atoms with Crippen molar-refractivity contribution in [2.24, 2.45) is 0 Å². The van der Waals surface area contributed by atoms with Crippen LogP contribution in [0.2, 0.25) is 0 Å². The molecule has 1 aromatic heterocycles. The molecule has 0 saturated heterocycles. The van der Waals surface area contributed by atoms with Crippen molar-refractivity contribution in [1.82, 2.24) is 9.97 Å². The predicted molar refractivity (Wildman–Crippen MR) is 54.0 cm³/mol. The molecule has 1 heterocycles. The average molecular weight is 193 g/mol. The maximum Gasteiger partial charge on any atom is 0.223 e. The van der Waals surface area contributed by atoms with Crippen LogP contribution in [0.5, 0.6) is 0 Å². The number of aryl methyl sites for hydroxylation is 1. The number of anilines is 1. The molecule has 2 rings (SSSR count). The highest BCUT2D eigenvalue weighted by molar-refractivity contribution is 5.29. The Morgan fingerprint density at radius 1 is 1.64 bits per heavy atom. The van der Waals surface area contributed by atoms with E-state index in [0.717, 1.165) is 18.5 Å². The van der Waals surface area contributed by atoms with E-state index in [2.05, 4.69) is 15.3 Å². The fourth-order valence-electron chi connectivity index (χ4n) is 1.61. The van der Waals surface area contributed by atoms with Gasteiger partial charge in [-0.15, -0.1) is 0 Å². The van der Waals surface area contributed by atoms with Crippen LogP contribution in [0.1, 0.15) is 25.5 Å². The predicted octanol–water partition coefficient (Wildman–Crippen LogP) is 1.11. The van der Waals surface area contributed by atoms with Crippen LogP contribution in [0.3, 0.4) is 0 Å². The quantitative estimate of drug-likeness (QED) is 0.738. The van der Waals surface area contributed by atoms with Crippen LogP contribution in [-0.2, 0) is 0 Å². The van der Waals surface area contributed by atoms with Crippen LogP contribution in [0, 0.1) is 6.92 Å². The van der Waals surface area contributed by atoms with Gasteiger partial charge in [-0.25, -0.2) is 9.97 Å². The van der Waals surface area contributed by atoms with Crippen LogP contribution in [0.15, 0.2) is 12.3 Å². The summed E-state index contributed by atoms with van der Waals surface area (Å²) in [4.78, 5) is 8.32. The summed E-state index contributed by atoms with van der Waals surface area (Å²) in [5, 5.41) is 12.9. The van der Waals surface area contributed by atoms with Crippen molar-refractivity contribution in [3.05, 3.63) is 18.0 Å². The van der Waals surface area contributed by atoms with Gasteiger partial charge in [0.1, 0.15) is 0 Å². The molecule has 0 amide bonds. The maximum atomic E-state index is 9.79. The van der Waals surface area contributed by atoms with Gasteiger partial charge in [0.2, 0.25) is 5.95 Å². The molecule has 0 aliphatic heterocycles. The molecule has 4 heteroatoms. The largest absolute Gasteiger partial charge is 0.388 e. The molecule has 2 atom stereocenters. The van der Waals surface area contributed by atoms with Gasteiger partial charge in [-0.2, -0.15) is 0 Å². The van der Waals surface area contributed by atoms with Gasteiger partial charge >= 0.3 is 0 Å². The molecule has 0 radical (unpaired) electrons. The van der Waals surface area contributed by atoms with Crippen molar-refractivity contribution in [2.75, 3.05) is 5.32 Å². The van der Waals surface area contributed by atoms with E-state index < -0.39 is 5.60 Å². The van der Waals surface area contributed by atoms with E-state index in [4.69, 9.17) is 0 Å². The summed E-state index contributed by atoms with van der Waals surface area (Å²) in [6.07, 6.45) is 3.54. The Balaban J connectivity index is 2.05. The molecule has 14 heavy (non-hydrogen) atoms. The third kappa shape index (κ3) is 1.70. The van der Waals surface area contributed by atoms with Crippen molar-refractivity contribution >= 4 is 5.95 Å². The van der Waals surface area contributed by atoms with E-state index >= 15 is 0 Å². The van der Waals surface area contributed by atoms with E-state index in [9.17, 15) is 5.11 Å². The molecule has 1 fully saturated rings. The van der Waals surface area contributed by atoms with Gasteiger partial charge in [-0.05, 0) is 32.8 Å². The van der Waals surface area contributed by atoms with Crippen LogP contribution in [0.25, 0.3) is 0 Å². The minimum absolute atomic E-state index is 0.0873. The minimum Gasteiger partial charge on any atom is -0.388 e. The maximum absolute atomic E-state index is 9.79. The standard InChI is InChI=1S/C10H15N3O/c1-7-4-6-11-9(12-7)13-8-3-5-10(8,2)14/h4,6,8,14H,3,5H2,1-2H3,(H,11,12,13)/t8-,10-/m1/s1. The van der Waals surface area contributed by atoms with E-state index in [0.29, 0.717) is 5.95 Å². The van der Waals surface area contributed by atoms with Crippen molar-refractivity contribution in [1.29, 1.82) is 0 Å². The number of nitrogens with zero attached hydrogens (tertiary/aromatic N) is 2. The summed E-state index contributed by atoms with van der Waals surface area (Å²) >= 11 is 0. The Morgan fingerprint density at radius 3 is 2.93 bits per heavy atom. The number of aromatic nitrogens is 2. The molecule has 1 aliphatic carbocycles. The first-order valence-electron chi connectivity index (χ1n) is 4.86. The summed E-state index contributed by atoms with van der Waals surface area (Å²) < 4.78 is 0. The van der Waals surface area contributed by atoms with E-state index in [1.807, 2.05) is 19.9 Å². The number of nitrogens with one attached hydrogen (secondary N) is 1. The Morgan fingerprint density at radius 2 is 2.43 bits per heavy atom. The second-order valence-corrected chi connectivity index (χ2v) is 4.11. The Hall–Kier alpha value is -1.16. The zero-order valence-electron chi connectivity index (χ0n) is 8.49. The van der Waals surface area contributed by atoms with Crippen LogP contribution >= 0.6 is 0 Å². The van der Waals surface area contributed by atoms with Crippen molar-refractivity contribution in [3.63, 3.8) is 0 Å². The molecule has 2 N–H and O–H groups in total. The topological polar surface area (TPSA) is 58.0 Å². The highest BCUT2D eigenvalue weighted by Gasteiger charge is 2.41. The molecule has 1 saturated carbocycles. The molecular formula is C10H15N3O. The number of hydrogen-bond acceptors (Lipinski definition) is 4. The Labute approximate surface area is 83.4 Å². The molecule has 76 valence electrons. The first-order chi connectivity index (χ1) is 6.58. The third-order valence-corrected chi connectivity index (χ3v) is 2.79. The van der Waals surface area contributed by atoms with Gasteiger partial charge < -0.3 is 10.4 Å². The van der Waals surface area contributed by atoms with E-state index in [-0.39, 0.29) is 6.04 Å². The van der Waals surface area contributed by atoms with Gasteiger partial charge in [0.25, 0.3) is 0 Å². The van der Waals surface area contributed by atoms with Gasteiger partial charge in [0.05, 0.1) is 11.6 Å². The first kappa shape index (κ1) is 9.40. The van der Waals surface area contributed by atoms with E-state index in [1.54, 1.807) is 6.20 Å². The second kappa shape index (κ2) is 3.20. The lowest BCUT2D eigenvalue weighted by Crippen LogP contribution is -2.53. The summed E-state index contributed by atoms with van der Waals surface area (Å²) in [6, 6.07) is 1.94. The number of hydrogen-bond donors (Lipinski definition) is 2. The monoisotopic (exact) mass is 193 g/mol. The van der Waals surface area contributed by atoms with Crippen molar-refractivity contribution < 1.29 is 5.11 Å². The van der Waals surface area contributed by atoms with Crippen molar-refractivity contribution in [3.8, 4) is 0 Å². The summed E-state index contributed by atoms with van der Waals surface area (Å²) in [5.74, 6) is 0.606. The lowest BCUT2D eigenvalue weighted by atomic mass is 9.76. The zero-order chi connectivity index (χ0) is 10.2. The Bertz CT molecular complexity index is 338. The molecule has 4 nitrogen and oxygen atoms in total. The fourth-order valence-corrected chi connectivity index (χ4v) is 1.61. The van der Waals surface area contributed by atoms with E-state index in [1.165, 1.54) is 0 Å². The van der Waals surface area contributed by atoms with Gasteiger partial charge in [0, 0.05) is 11.9 Å². The van der Waals surface area contributed by atoms with Gasteiger partial charge in [0.15, 0.2) is 0 Å². The van der Waals surface area contributed by atoms with Crippen LogP contribution in [0.4, 0.5) is 5.95 Å². The molecule has 0 unspecified atom stereocenters. The highest BCUT2D eigenvalue weighted by atomic mass is 16.3. The van der Waals surface area contributed by atoms with Gasteiger partial charge in [-0.1, -0.05) is 0 Å². The molecule has 0 spiro atoms. The second-order valence-electron chi connectivity index (χ2n) is 4.11. The molecule has 0 bridgehead atoms. The molecule has 0 aromatic carbocycles. The molecule has 1 aliphatic rings. The first-order valence-corrected chi connectivity index (χ1v) is 4.86. The lowest BCUT2D eigenvalue weighted by Gasteiger charge is -2.42. The number of rotatable bonds is 2. The van der Waals surface area contributed by atoms with Crippen LogP contribution in [-0.4, -0.2) is 26.7 Å². The lowest BCUT2D eigenvalue weighted by molar-refractivity contribution is -0.0288. The summed E-state index contributed by atoms with van der Waals surface area (Å²) in [7, 11) is 0. The SMILES string of the molecule is Cc1ccnc(N[C@@H]2CC[C@@]2(C)O)n1. The normalized spacial score (nSPS) is 30.9. The highest BCUT2D eigenvalue weighted by Crippen LogP contribution is 2.33. The summed E-state index contributed by atoms with van der Waals surface area (Å²) in [5.41, 5.74) is 0.328. The molecular weight excluding hydrogens is 178 g/mol. The number of aliphatic hydroxyl groups is 1. The minimum atomic E-state index is -0.604. The fraction of sp³-hybridized carbons (Fsp3) is 0.600. The van der Waals surface area contributed by atoms with Crippen LogP contribution < -0.4 is 5.32 Å². The van der Waals surface area contributed by atoms with Crippen molar-refractivity contribution in [2.45, 2.75) is 38.3 Å². The zero-order valence-corrected chi connectivity index (χ0v) is 8.49. The average Bonchev–Trinajstić information content (AvgIpc) is 2.13. The smallest absolute Gasteiger partial charge is 0.223 e. The summed E-state index contributed by atoms with van der Waals surface area (Å²) in [6.45, 7) is 3.76. The third-order valence-electron chi connectivity index (χ3n) is 2.79. The molecule has 1 aromatic rings. The Kier molecular flexibility index (Phi) is 2.15. The van der Waals surface area contributed by atoms with Gasteiger partial charge in [-0.3, -0.25) is 0 Å².